The Hall–Kier alpha value is -2.10. The third-order valence-electron chi connectivity index (χ3n) is 4.65. The maximum atomic E-state index is 13.0. The van der Waals surface area contributed by atoms with Crippen molar-refractivity contribution in [1.82, 2.24) is 14.5 Å². The molecule has 8 nitrogen and oxygen atoms in total. The minimum absolute atomic E-state index is 0.0236. The molecule has 29 heavy (non-hydrogen) atoms. The van der Waals surface area contributed by atoms with E-state index in [4.69, 9.17) is 17.3 Å². The maximum absolute atomic E-state index is 13.0. The zero-order valence-electron chi connectivity index (χ0n) is 17.0. The summed E-state index contributed by atoms with van der Waals surface area (Å²) in [4.78, 5) is 44.3. The quantitative estimate of drug-likeness (QED) is 0.589. The molecule has 2 aromatic heterocycles. The molecule has 0 unspecified atom stereocenters. The Labute approximate surface area is 178 Å². The second-order valence-corrected chi connectivity index (χ2v) is 8.45. The number of hydrogen-bond acceptors (Lipinski definition) is 6. The van der Waals surface area contributed by atoms with Crippen LogP contribution in [0.4, 0.5) is 11.5 Å². The molecule has 0 bridgehead atoms. The highest BCUT2D eigenvalue weighted by molar-refractivity contribution is 7.16. The lowest BCUT2D eigenvalue weighted by Crippen LogP contribution is -2.45. The van der Waals surface area contributed by atoms with Crippen molar-refractivity contribution >= 4 is 40.4 Å². The summed E-state index contributed by atoms with van der Waals surface area (Å²) in [6.45, 7) is 7.73. The predicted molar refractivity (Wildman–Crippen MR) is 119 cm³/mol. The molecule has 0 spiro atoms. The normalized spacial score (nSPS) is 11.2. The Bertz CT molecular complexity index is 952. The van der Waals surface area contributed by atoms with E-state index >= 15 is 0 Å². The van der Waals surface area contributed by atoms with E-state index in [1.54, 1.807) is 6.92 Å². The molecule has 1 amide bonds. The Balaban J connectivity index is 2.28. The van der Waals surface area contributed by atoms with E-state index in [-0.39, 0.29) is 30.5 Å². The van der Waals surface area contributed by atoms with E-state index < -0.39 is 11.2 Å². The van der Waals surface area contributed by atoms with Crippen LogP contribution in [0.25, 0.3) is 0 Å². The van der Waals surface area contributed by atoms with Gasteiger partial charge in [-0.3, -0.25) is 24.0 Å². The first-order valence-electron chi connectivity index (χ1n) is 9.71. The van der Waals surface area contributed by atoms with Gasteiger partial charge in [-0.15, -0.1) is 11.3 Å². The minimum atomic E-state index is -0.650. The number of carbonyl (C=O) groups is 1. The highest BCUT2D eigenvalue weighted by Crippen LogP contribution is 2.23. The van der Waals surface area contributed by atoms with Crippen molar-refractivity contribution in [2.24, 2.45) is 0 Å². The number of likely N-dealkylation sites (N-methyl/N-ethyl adjacent to an activating group) is 2. The lowest BCUT2D eigenvalue weighted by atomic mass is 10.3. The molecule has 0 aliphatic rings. The second kappa shape index (κ2) is 10.6. The summed E-state index contributed by atoms with van der Waals surface area (Å²) in [5.74, 6) is -0.231. The third-order valence-corrected chi connectivity index (χ3v) is 5.87. The van der Waals surface area contributed by atoms with Crippen LogP contribution < -0.4 is 21.9 Å². The van der Waals surface area contributed by atoms with E-state index in [1.807, 2.05) is 30.9 Å². The third kappa shape index (κ3) is 5.71. The van der Waals surface area contributed by atoms with Crippen LogP contribution in [0.15, 0.2) is 21.7 Å². The van der Waals surface area contributed by atoms with Gasteiger partial charge in [0.1, 0.15) is 5.82 Å². The summed E-state index contributed by atoms with van der Waals surface area (Å²) in [6.07, 6.45) is 1.61. The molecule has 10 heteroatoms. The predicted octanol–water partition coefficient (Wildman–Crippen LogP) is 2.51. The SMILES string of the molecule is CCCCn1c(N)c(N(CC)C(=O)CN(CC)Cc2ccc(Cl)s2)c(=O)[nH]c1=O. The van der Waals surface area contributed by atoms with Gasteiger partial charge in [0.15, 0.2) is 5.69 Å². The van der Waals surface area contributed by atoms with Gasteiger partial charge in [-0.2, -0.15) is 0 Å². The highest BCUT2D eigenvalue weighted by atomic mass is 35.5. The van der Waals surface area contributed by atoms with Gasteiger partial charge in [0.05, 0.1) is 10.9 Å². The van der Waals surface area contributed by atoms with Gasteiger partial charge in [-0.1, -0.05) is 31.9 Å². The molecule has 0 aromatic carbocycles. The molecule has 0 aliphatic heterocycles. The van der Waals surface area contributed by atoms with Crippen molar-refractivity contribution in [2.75, 3.05) is 30.3 Å². The summed E-state index contributed by atoms with van der Waals surface area (Å²) in [5.41, 5.74) is 4.98. The second-order valence-electron chi connectivity index (χ2n) is 6.65. The van der Waals surface area contributed by atoms with Crippen LogP contribution in [0, 0.1) is 0 Å². The van der Waals surface area contributed by atoms with Gasteiger partial charge in [-0.25, -0.2) is 4.79 Å². The molecule has 2 heterocycles. The van der Waals surface area contributed by atoms with E-state index in [1.165, 1.54) is 20.8 Å². The molecular formula is C19H28ClN5O3S. The van der Waals surface area contributed by atoms with Crippen molar-refractivity contribution in [3.05, 3.63) is 42.2 Å². The summed E-state index contributed by atoms with van der Waals surface area (Å²) >= 11 is 7.46. The number of unbranched alkanes of at least 4 members (excludes halogenated alkanes) is 1. The maximum Gasteiger partial charge on any atom is 0.330 e. The summed E-state index contributed by atoms with van der Waals surface area (Å²) in [5, 5.41) is 0. The minimum Gasteiger partial charge on any atom is -0.383 e. The van der Waals surface area contributed by atoms with Gasteiger partial charge < -0.3 is 10.6 Å². The molecule has 0 aliphatic carbocycles. The van der Waals surface area contributed by atoms with Crippen LogP contribution in [0.2, 0.25) is 4.34 Å². The van der Waals surface area contributed by atoms with Gasteiger partial charge in [0, 0.05) is 24.5 Å². The standard InChI is InChI=1S/C19H28ClN5O3S/c1-4-7-10-25-17(21)16(18(27)22-19(25)28)24(6-3)15(26)12-23(5-2)11-13-8-9-14(20)29-13/h8-9H,4-7,10-12,21H2,1-3H3,(H,22,27,28). The number of anilines is 2. The summed E-state index contributed by atoms with van der Waals surface area (Å²) < 4.78 is 2.02. The molecule has 160 valence electrons. The Morgan fingerprint density at radius 2 is 1.97 bits per heavy atom. The smallest absolute Gasteiger partial charge is 0.330 e. The fourth-order valence-corrected chi connectivity index (χ4v) is 4.18. The van der Waals surface area contributed by atoms with Gasteiger partial charge >= 0.3 is 5.69 Å². The monoisotopic (exact) mass is 441 g/mol. The summed E-state index contributed by atoms with van der Waals surface area (Å²) in [7, 11) is 0. The number of H-pyrrole nitrogens is 1. The molecule has 0 atom stereocenters. The van der Waals surface area contributed by atoms with Gasteiger partial charge in [0.2, 0.25) is 5.91 Å². The lowest BCUT2D eigenvalue weighted by molar-refractivity contribution is -0.119. The first-order valence-corrected chi connectivity index (χ1v) is 10.9. The Morgan fingerprint density at radius 3 is 2.52 bits per heavy atom. The molecular weight excluding hydrogens is 414 g/mol. The highest BCUT2D eigenvalue weighted by Gasteiger charge is 2.24. The number of thiophene rings is 1. The number of nitrogens with one attached hydrogen (secondary N) is 1. The number of carbonyl (C=O) groups excluding carboxylic acids is 1. The number of rotatable bonds is 10. The average Bonchev–Trinajstić information content (AvgIpc) is 3.08. The zero-order valence-corrected chi connectivity index (χ0v) is 18.6. The fourth-order valence-electron chi connectivity index (χ4n) is 3.05. The van der Waals surface area contributed by atoms with Crippen LogP contribution >= 0.6 is 22.9 Å². The number of nitrogen functional groups attached to an aromatic ring is 1. The molecule has 0 saturated heterocycles. The Morgan fingerprint density at radius 1 is 1.24 bits per heavy atom. The van der Waals surface area contributed by atoms with Crippen molar-refractivity contribution in [2.45, 2.75) is 46.7 Å². The van der Waals surface area contributed by atoms with Crippen molar-refractivity contribution < 1.29 is 4.79 Å². The van der Waals surface area contributed by atoms with E-state index in [9.17, 15) is 14.4 Å². The number of aromatic nitrogens is 2. The van der Waals surface area contributed by atoms with Crippen LogP contribution in [0.3, 0.4) is 0 Å². The number of nitrogens with two attached hydrogens (primary N) is 1. The van der Waals surface area contributed by atoms with Gasteiger partial charge in [0.25, 0.3) is 5.56 Å². The number of hydrogen-bond donors (Lipinski definition) is 2. The largest absolute Gasteiger partial charge is 0.383 e. The number of halogens is 1. The Kier molecular flexibility index (Phi) is 8.48. The van der Waals surface area contributed by atoms with Crippen LogP contribution in [0.5, 0.6) is 0 Å². The molecule has 2 rings (SSSR count). The first-order chi connectivity index (χ1) is 13.8. The van der Waals surface area contributed by atoms with E-state index in [0.29, 0.717) is 24.0 Å². The summed E-state index contributed by atoms with van der Waals surface area (Å²) in [6, 6.07) is 3.76. The molecule has 0 fully saturated rings. The number of amides is 1. The molecule has 0 saturated carbocycles. The first kappa shape index (κ1) is 23.2. The lowest BCUT2D eigenvalue weighted by Gasteiger charge is -2.26. The van der Waals surface area contributed by atoms with Crippen molar-refractivity contribution in [3.8, 4) is 0 Å². The van der Waals surface area contributed by atoms with Crippen LogP contribution in [-0.2, 0) is 17.9 Å². The van der Waals surface area contributed by atoms with E-state index in [0.717, 1.165) is 17.7 Å². The zero-order chi connectivity index (χ0) is 21.6. The molecule has 2 aromatic rings. The topological polar surface area (TPSA) is 104 Å². The molecule has 3 N–H and O–H groups in total. The van der Waals surface area contributed by atoms with Crippen LogP contribution in [0.1, 0.15) is 38.5 Å². The molecule has 0 radical (unpaired) electrons. The average molecular weight is 442 g/mol. The van der Waals surface area contributed by atoms with Crippen molar-refractivity contribution in [1.29, 1.82) is 0 Å². The van der Waals surface area contributed by atoms with Crippen LogP contribution in [-0.4, -0.2) is 40.0 Å². The fraction of sp³-hybridized carbons (Fsp3) is 0.526. The number of nitrogens with zero attached hydrogens (tertiary/aromatic N) is 3. The van der Waals surface area contributed by atoms with Gasteiger partial charge in [-0.05, 0) is 32.0 Å². The van der Waals surface area contributed by atoms with E-state index in [2.05, 4.69) is 4.98 Å². The number of aromatic amines is 1. The van der Waals surface area contributed by atoms with Crippen molar-refractivity contribution in [3.63, 3.8) is 0 Å².